The summed E-state index contributed by atoms with van der Waals surface area (Å²) >= 11 is 8.90. The summed E-state index contributed by atoms with van der Waals surface area (Å²) in [7, 11) is 0. The Morgan fingerprint density at radius 1 is 1.61 bits per heavy atom. The van der Waals surface area contributed by atoms with E-state index in [9.17, 15) is 9.18 Å². The normalized spacial score (nSPS) is 18.9. The van der Waals surface area contributed by atoms with Crippen LogP contribution in [-0.4, -0.2) is 18.6 Å². The Bertz CT molecular complexity index is 464. The van der Waals surface area contributed by atoms with E-state index in [1.165, 1.54) is 6.07 Å². The molecule has 1 saturated heterocycles. The molecule has 0 unspecified atom stereocenters. The van der Waals surface area contributed by atoms with Gasteiger partial charge in [0.15, 0.2) is 0 Å². The van der Waals surface area contributed by atoms with E-state index in [0.717, 1.165) is 18.9 Å². The average Bonchev–Trinajstić information content (AvgIpc) is 2.78. The number of nitrogens with one attached hydrogen (secondary N) is 1. The topological polar surface area (TPSA) is 38.3 Å². The second-order valence-corrected chi connectivity index (χ2v) is 5.40. The van der Waals surface area contributed by atoms with E-state index in [1.54, 1.807) is 0 Å². The molecule has 1 atom stereocenters. The molecular weight excluding hydrogens is 324 g/mol. The highest BCUT2D eigenvalue weighted by molar-refractivity contribution is 9.10. The minimum atomic E-state index is -0.461. The Balaban J connectivity index is 2.00. The lowest BCUT2D eigenvalue weighted by molar-refractivity contribution is -0.118. The van der Waals surface area contributed by atoms with Gasteiger partial charge in [-0.05, 0) is 40.9 Å². The van der Waals surface area contributed by atoms with Crippen molar-refractivity contribution in [1.29, 1.82) is 0 Å². The van der Waals surface area contributed by atoms with Gasteiger partial charge in [-0.1, -0.05) is 11.6 Å². The maximum absolute atomic E-state index is 13.2. The van der Waals surface area contributed by atoms with Crippen LogP contribution >= 0.6 is 27.5 Å². The van der Waals surface area contributed by atoms with E-state index in [4.69, 9.17) is 16.3 Å². The fourth-order valence-electron chi connectivity index (χ4n) is 1.83. The number of benzene rings is 1. The standard InChI is InChI=1S/C12H12BrClFNO2/c13-8-5-11(9(14)6-10(8)15)16-12(17)4-7-2-1-3-18-7/h5-7H,1-4H2,(H,16,17)/t7-/m1/s1. The summed E-state index contributed by atoms with van der Waals surface area (Å²) in [6.45, 7) is 0.709. The van der Waals surface area contributed by atoms with Gasteiger partial charge in [-0.15, -0.1) is 0 Å². The molecule has 0 bridgehead atoms. The molecule has 1 aromatic rings. The molecule has 1 heterocycles. The van der Waals surface area contributed by atoms with Crippen LogP contribution in [-0.2, 0) is 9.53 Å². The molecule has 1 aromatic carbocycles. The molecule has 1 amide bonds. The van der Waals surface area contributed by atoms with Crippen molar-refractivity contribution in [3.05, 3.63) is 27.4 Å². The highest BCUT2D eigenvalue weighted by Gasteiger charge is 2.19. The number of ether oxygens (including phenoxy) is 1. The molecule has 6 heteroatoms. The summed E-state index contributed by atoms with van der Waals surface area (Å²) in [5, 5.41) is 2.83. The van der Waals surface area contributed by atoms with Crippen LogP contribution in [0, 0.1) is 5.82 Å². The molecule has 0 saturated carbocycles. The van der Waals surface area contributed by atoms with Crippen LogP contribution in [0.15, 0.2) is 16.6 Å². The lowest BCUT2D eigenvalue weighted by atomic mass is 10.2. The molecule has 1 aliphatic rings. The SMILES string of the molecule is O=C(C[C@H]1CCCO1)Nc1cc(Br)c(F)cc1Cl. The minimum Gasteiger partial charge on any atom is -0.378 e. The highest BCUT2D eigenvalue weighted by atomic mass is 79.9. The molecular formula is C12H12BrClFNO2. The van der Waals surface area contributed by atoms with Crippen molar-refractivity contribution < 1.29 is 13.9 Å². The van der Waals surface area contributed by atoms with Crippen LogP contribution < -0.4 is 5.32 Å². The summed E-state index contributed by atoms with van der Waals surface area (Å²) in [6, 6.07) is 2.61. The molecule has 0 spiro atoms. The molecule has 0 aliphatic carbocycles. The Morgan fingerprint density at radius 3 is 3.06 bits per heavy atom. The number of anilines is 1. The van der Waals surface area contributed by atoms with E-state index in [1.807, 2.05) is 0 Å². The molecule has 98 valence electrons. The number of rotatable bonds is 3. The monoisotopic (exact) mass is 335 g/mol. The molecule has 18 heavy (non-hydrogen) atoms. The number of carbonyl (C=O) groups is 1. The van der Waals surface area contributed by atoms with Gasteiger partial charge < -0.3 is 10.1 Å². The first-order valence-corrected chi connectivity index (χ1v) is 6.79. The summed E-state index contributed by atoms with van der Waals surface area (Å²) in [6.07, 6.45) is 2.16. The Labute approximate surface area is 118 Å². The second-order valence-electron chi connectivity index (χ2n) is 4.13. The number of hydrogen-bond acceptors (Lipinski definition) is 2. The van der Waals surface area contributed by atoms with Crippen molar-refractivity contribution in [2.24, 2.45) is 0 Å². The summed E-state index contributed by atoms with van der Waals surface area (Å²) < 4.78 is 18.8. The van der Waals surface area contributed by atoms with E-state index in [-0.39, 0.29) is 21.5 Å². The molecule has 2 rings (SSSR count). The molecule has 1 aliphatic heterocycles. The van der Waals surface area contributed by atoms with Crippen LogP contribution in [0.1, 0.15) is 19.3 Å². The molecule has 0 aromatic heterocycles. The zero-order valence-corrected chi connectivity index (χ0v) is 11.9. The van der Waals surface area contributed by atoms with Crippen molar-refractivity contribution in [3.63, 3.8) is 0 Å². The maximum atomic E-state index is 13.2. The van der Waals surface area contributed by atoms with E-state index >= 15 is 0 Å². The number of halogens is 3. The largest absolute Gasteiger partial charge is 0.378 e. The Morgan fingerprint density at radius 2 is 2.39 bits per heavy atom. The lowest BCUT2D eigenvalue weighted by Gasteiger charge is -2.11. The van der Waals surface area contributed by atoms with Crippen LogP contribution in [0.3, 0.4) is 0 Å². The van der Waals surface area contributed by atoms with Gasteiger partial charge in [0.1, 0.15) is 5.82 Å². The summed E-state index contributed by atoms with van der Waals surface area (Å²) in [5.41, 5.74) is 0.396. The van der Waals surface area contributed by atoms with E-state index in [2.05, 4.69) is 21.2 Å². The first-order valence-electron chi connectivity index (χ1n) is 5.62. The first kappa shape index (κ1) is 13.8. The van der Waals surface area contributed by atoms with Gasteiger partial charge in [-0.2, -0.15) is 0 Å². The maximum Gasteiger partial charge on any atom is 0.227 e. The second kappa shape index (κ2) is 5.99. The number of carbonyl (C=O) groups excluding carboxylic acids is 1. The smallest absolute Gasteiger partial charge is 0.227 e. The summed E-state index contributed by atoms with van der Waals surface area (Å²) in [4.78, 5) is 11.8. The highest BCUT2D eigenvalue weighted by Crippen LogP contribution is 2.29. The third-order valence-corrected chi connectivity index (χ3v) is 3.64. The fourth-order valence-corrected chi connectivity index (χ4v) is 2.37. The average molecular weight is 337 g/mol. The van der Waals surface area contributed by atoms with Gasteiger partial charge in [-0.3, -0.25) is 4.79 Å². The lowest BCUT2D eigenvalue weighted by Crippen LogP contribution is -2.19. The van der Waals surface area contributed by atoms with Gasteiger partial charge >= 0.3 is 0 Å². The van der Waals surface area contributed by atoms with Crippen molar-refractivity contribution in [1.82, 2.24) is 0 Å². The third kappa shape index (κ3) is 3.43. The number of amides is 1. The van der Waals surface area contributed by atoms with Gasteiger partial charge in [-0.25, -0.2) is 4.39 Å². The zero-order chi connectivity index (χ0) is 13.1. The Hall–Kier alpha value is -0.650. The predicted molar refractivity (Wildman–Crippen MR) is 71.3 cm³/mol. The first-order chi connectivity index (χ1) is 8.56. The molecule has 1 N–H and O–H groups in total. The third-order valence-electron chi connectivity index (χ3n) is 2.72. The van der Waals surface area contributed by atoms with Crippen molar-refractivity contribution in [2.75, 3.05) is 11.9 Å². The fraction of sp³-hybridized carbons (Fsp3) is 0.417. The van der Waals surface area contributed by atoms with Crippen molar-refractivity contribution >= 4 is 39.1 Å². The molecule has 1 fully saturated rings. The van der Waals surface area contributed by atoms with E-state index in [0.29, 0.717) is 18.7 Å². The van der Waals surface area contributed by atoms with Gasteiger partial charge in [0.05, 0.1) is 27.7 Å². The van der Waals surface area contributed by atoms with Crippen molar-refractivity contribution in [2.45, 2.75) is 25.4 Å². The van der Waals surface area contributed by atoms with Crippen LogP contribution in [0.4, 0.5) is 10.1 Å². The molecule has 3 nitrogen and oxygen atoms in total. The molecule has 0 radical (unpaired) electrons. The minimum absolute atomic E-state index is 0.0207. The van der Waals surface area contributed by atoms with Gasteiger partial charge in [0, 0.05) is 6.61 Å². The van der Waals surface area contributed by atoms with Gasteiger partial charge in [0.25, 0.3) is 0 Å². The summed E-state index contributed by atoms with van der Waals surface area (Å²) in [5.74, 6) is -0.639. The van der Waals surface area contributed by atoms with Gasteiger partial charge in [0.2, 0.25) is 5.91 Å². The van der Waals surface area contributed by atoms with Crippen LogP contribution in [0.5, 0.6) is 0 Å². The zero-order valence-electron chi connectivity index (χ0n) is 9.51. The van der Waals surface area contributed by atoms with Crippen LogP contribution in [0.25, 0.3) is 0 Å². The van der Waals surface area contributed by atoms with Crippen molar-refractivity contribution in [3.8, 4) is 0 Å². The Kier molecular flexibility index (Phi) is 4.59. The number of hydrogen-bond donors (Lipinski definition) is 1. The quantitative estimate of drug-likeness (QED) is 0.854. The van der Waals surface area contributed by atoms with Crippen LogP contribution in [0.2, 0.25) is 5.02 Å². The predicted octanol–water partition coefficient (Wildman–Crippen LogP) is 3.75. The van der Waals surface area contributed by atoms with E-state index < -0.39 is 5.82 Å².